The first-order valence-corrected chi connectivity index (χ1v) is 43.2. The molecule has 0 aliphatic heterocycles. The summed E-state index contributed by atoms with van der Waals surface area (Å²) in [6.07, 6.45) is 106. The number of phosphoric ester groups is 1. The molecule has 0 bridgehead atoms. The third kappa shape index (κ3) is 77.6. The lowest BCUT2D eigenvalue weighted by Gasteiger charge is -2.25. The second kappa shape index (κ2) is 75.4. The Bertz CT molecular complexity index is 1720. The molecule has 0 aromatic heterocycles. The number of likely N-dealkylation sites (N-methyl/N-ethyl adjacent to an activating group) is 1. The molecule has 0 saturated carbocycles. The number of hydrogen-bond acceptors (Lipinski definition) is 5. The van der Waals surface area contributed by atoms with Crippen LogP contribution in [0.1, 0.15) is 425 Å². The summed E-state index contributed by atoms with van der Waals surface area (Å²) in [4.78, 5) is 23.5. The summed E-state index contributed by atoms with van der Waals surface area (Å²) in [6, 6.07) is -0.866. The second-order valence-corrected chi connectivity index (χ2v) is 31.3. The van der Waals surface area contributed by atoms with Gasteiger partial charge in [0.15, 0.2) is 0 Å². The summed E-state index contributed by atoms with van der Waals surface area (Å²) < 4.78 is 23.9. The van der Waals surface area contributed by atoms with Crippen molar-refractivity contribution in [1.29, 1.82) is 0 Å². The Morgan fingerprint density at radius 1 is 0.362 bits per heavy atom. The highest BCUT2D eigenvalue weighted by molar-refractivity contribution is 7.47. The maximum atomic E-state index is 13.1. The highest BCUT2D eigenvalue weighted by Gasteiger charge is 2.28. The molecule has 0 heterocycles. The van der Waals surface area contributed by atoms with Crippen LogP contribution < -0.4 is 5.32 Å². The number of rotatable bonds is 78. The first-order chi connectivity index (χ1) is 46.0. The van der Waals surface area contributed by atoms with E-state index in [1.165, 1.54) is 353 Å². The normalized spacial score (nSPS) is 13.7. The van der Waals surface area contributed by atoms with E-state index >= 15 is 0 Å². The SMILES string of the molecule is CCCCCCC/C=C\C/C=C\C/C=C\CCCCCCCCCCCCCCCCCCCCCCCCCCCCC(=O)NC(COP(=O)(O)OCC[N+](C)(C)C)C(O)/C=C/CC/C=C/CCCCCCCCCCCCCCCCCCCCCCCCCCC. The van der Waals surface area contributed by atoms with Gasteiger partial charge in [0.05, 0.1) is 39.9 Å². The Kier molecular flexibility index (Phi) is 74.0. The molecule has 0 aliphatic carbocycles. The van der Waals surface area contributed by atoms with Crippen LogP contribution in [0.3, 0.4) is 0 Å². The number of hydrogen-bond donors (Lipinski definition) is 3. The highest BCUT2D eigenvalue weighted by Crippen LogP contribution is 2.43. The number of quaternary nitrogens is 1. The van der Waals surface area contributed by atoms with Crippen molar-refractivity contribution >= 4 is 13.7 Å². The number of nitrogens with one attached hydrogen (secondary N) is 1. The molecule has 1 amide bonds. The van der Waals surface area contributed by atoms with Crippen LogP contribution in [-0.2, 0) is 18.4 Å². The summed E-state index contributed by atoms with van der Waals surface area (Å²) >= 11 is 0. The smallest absolute Gasteiger partial charge is 0.387 e. The van der Waals surface area contributed by atoms with Crippen LogP contribution in [0, 0.1) is 0 Å². The van der Waals surface area contributed by atoms with Gasteiger partial charge in [0.1, 0.15) is 13.2 Å². The molecule has 3 atom stereocenters. The van der Waals surface area contributed by atoms with E-state index in [1.807, 2.05) is 27.2 Å². The van der Waals surface area contributed by atoms with Gasteiger partial charge in [-0.25, -0.2) is 4.57 Å². The van der Waals surface area contributed by atoms with Crippen LogP contribution in [0.4, 0.5) is 0 Å². The molecule has 3 unspecified atom stereocenters. The quantitative estimate of drug-likeness (QED) is 0.0243. The molecular formula is C85H164N2O6P+. The highest BCUT2D eigenvalue weighted by atomic mass is 31.2. The van der Waals surface area contributed by atoms with Crippen molar-refractivity contribution in [2.24, 2.45) is 0 Å². The molecule has 0 rings (SSSR count). The molecule has 0 aromatic rings. The van der Waals surface area contributed by atoms with Gasteiger partial charge in [-0.1, -0.05) is 408 Å². The summed E-state index contributed by atoms with van der Waals surface area (Å²) in [5.74, 6) is -0.178. The average Bonchev–Trinajstić information content (AvgIpc) is 1.77. The number of carbonyl (C=O) groups is 1. The lowest BCUT2D eigenvalue weighted by atomic mass is 10.0. The van der Waals surface area contributed by atoms with Gasteiger partial charge in [0.25, 0.3) is 0 Å². The van der Waals surface area contributed by atoms with Gasteiger partial charge < -0.3 is 19.8 Å². The molecule has 554 valence electrons. The predicted molar refractivity (Wildman–Crippen MR) is 415 cm³/mol. The number of carbonyl (C=O) groups excluding carboxylic acids is 1. The van der Waals surface area contributed by atoms with Crippen molar-refractivity contribution in [1.82, 2.24) is 5.32 Å². The number of nitrogens with zero attached hydrogens (tertiary/aromatic N) is 1. The molecule has 94 heavy (non-hydrogen) atoms. The molecule has 0 aliphatic rings. The fraction of sp³-hybridized carbons (Fsp3) is 0.871. The maximum Gasteiger partial charge on any atom is 0.472 e. The predicted octanol–water partition coefficient (Wildman–Crippen LogP) is 27.5. The van der Waals surface area contributed by atoms with E-state index in [2.05, 4.69) is 67.8 Å². The first-order valence-electron chi connectivity index (χ1n) is 41.7. The van der Waals surface area contributed by atoms with Crippen LogP contribution in [0.5, 0.6) is 0 Å². The molecule has 0 radical (unpaired) electrons. The summed E-state index contributed by atoms with van der Waals surface area (Å²) in [7, 11) is 1.57. The molecule has 0 aromatic carbocycles. The Labute approximate surface area is 587 Å². The summed E-state index contributed by atoms with van der Waals surface area (Å²) in [5, 5.41) is 14.0. The molecule has 0 fully saturated rings. The lowest BCUT2D eigenvalue weighted by molar-refractivity contribution is -0.870. The summed E-state index contributed by atoms with van der Waals surface area (Å²) in [5.41, 5.74) is 0. The second-order valence-electron chi connectivity index (χ2n) is 29.8. The van der Waals surface area contributed by atoms with E-state index < -0.39 is 20.0 Å². The van der Waals surface area contributed by atoms with Gasteiger partial charge in [0, 0.05) is 6.42 Å². The van der Waals surface area contributed by atoms with Crippen LogP contribution in [-0.4, -0.2) is 73.4 Å². The zero-order valence-corrected chi connectivity index (χ0v) is 64.6. The Morgan fingerprint density at radius 2 is 0.617 bits per heavy atom. The number of amides is 1. The number of unbranched alkanes of at least 4 members (excludes halogenated alkanes) is 57. The minimum atomic E-state index is -4.37. The zero-order valence-electron chi connectivity index (χ0n) is 63.7. The van der Waals surface area contributed by atoms with Crippen LogP contribution in [0.25, 0.3) is 0 Å². The minimum Gasteiger partial charge on any atom is -0.387 e. The number of phosphoric acid groups is 1. The van der Waals surface area contributed by atoms with Gasteiger partial charge >= 0.3 is 7.82 Å². The third-order valence-electron chi connectivity index (χ3n) is 19.2. The number of aliphatic hydroxyl groups is 1. The monoisotopic (exact) mass is 1340 g/mol. The fourth-order valence-corrected chi connectivity index (χ4v) is 13.5. The van der Waals surface area contributed by atoms with E-state index in [0.717, 1.165) is 51.4 Å². The van der Waals surface area contributed by atoms with Gasteiger partial charge in [-0.3, -0.25) is 13.8 Å². The van der Waals surface area contributed by atoms with Crippen molar-refractivity contribution in [3.05, 3.63) is 60.8 Å². The van der Waals surface area contributed by atoms with Crippen LogP contribution in [0.2, 0.25) is 0 Å². The largest absolute Gasteiger partial charge is 0.472 e. The Balaban J connectivity index is 3.94. The number of allylic oxidation sites excluding steroid dienone is 9. The molecule has 3 N–H and O–H groups in total. The minimum absolute atomic E-state index is 0.0574. The first kappa shape index (κ1) is 92.2. The molecule has 9 heteroatoms. The van der Waals surface area contributed by atoms with E-state index in [1.54, 1.807) is 6.08 Å². The van der Waals surface area contributed by atoms with E-state index in [4.69, 9.17) is 9.05 Å². The molecule has 8 nitrogen and oxygen atoms in total. The zero-order chi connectivity index (χ0) is 68.3. The average molecular weight is 1340 g/mol. The number of aliphatic hydroxyl groups excluding tert-OH is 1. The van der Waals surface area contributed by atoms with Crippen LogP contribution in [0.15, 0.2) is 60.8 Å². The van der Waals surface area contributed by atoms with Crippen molar-refractivity contribution in [3.63, 3.8) is 0 Å². The lowest BCUT2D eigenvalue weighted by Crippen LogP contribution is -2.45. The van der Waals surface area contributed by atoms with Crippen molar-refractivity contribution < 1.29 is 32.9 Å². The van der Waals surface area contributed by atoms with E-state index in [-0.39, 0.29) is 19.1 Å². The van der Waals surface area contributed by atoms with E-state index in [9.17, 15) is 19.4 Å². The van der Waals surface area contributed by atoms with Gasteiger partial charge in [-0.2, -0.15) is 0 Å². The van der Waals surface area contributed by atoms with Gasteiger partial charge in [-0.05, 0) is 70.6 Å². The van der Waals surface area contributed by atoms with Crippen molar-refractivity contribution in [2.45, 2.75) is 437 Å². The van der Waals surface area contributed by atoms with E-state index in [0.29, 0.717) is 17.4 Å². The van der Waals surface area contributed by atoms with Crippen LogP contribution >= 0.6 is 7.82 Å². The Morgan fingerprint density at radius 3 is 0.926 bits per heavy atom. The van der Waals surface area contributed by atoms with Gasteiger partial charge in [0.2, 0.25) is 5.91 Å². The Hall–Kier alpha value is -1.80. The topological polar surface area (TPSA) is 105 Å². The standard InChI is InChI=1S/C85H163N2O6P/c1-6-8-10-12-14-16-18-20-22-24-26-28-30-32-34-36-38-39-40-41-42-43-44-45-46-47-49-51-53-55-57-59-61-63-65-67-69-71-73-75-77-79-85(89)86-83(82-93-94(90,91)92-81-80-87(3,4)5)84(88)78-76-74-72-70-68-66-64-62-60-58-56-54-52-50-48-37-35-33-31-29-27-25-23-21-19-17-15-13-11-9-7-2/h18,20,24,26,30,32,68,70,76,78,83-84,88H,6-17,19,21-23,25,27-29,31,33-67,69,71-75,77,79-82H2,1-5H3,(H-,86,89,90,91)/p+1/b20-18-,26-24-,32-30-,70-68+,78-76+. The summed E-state index contributed by atoms with van der Waals surface area (Å²) in [6.45, 7) is 4.84. The maximum absolute atomic E-state index is 13.1. The third-order valence-corrected chi connectivity index (χ3v) is 20.2. The molecule has 0 saturated heterocycles. The van der Waals surface area contributed by atoms with Crippen molar-refractivity contribution in [2.75, 3.05) is 40.9 Å². The van der Waals surface area contributed by atoms with Gasteiger partial charge in [-0.15, -0.1) is 0 Å². The molecular weight excluding hydrogens is 1180 g/mol. The van der Waals surface area contributed by atoms with Crippen molar-refractivity contribution in [3.8, 4) is 0 Å². The fourth-order valence-electron chi connectivity index (χ4n) is 12.8. The molecule has 0 spiro atoms.